The summed E-state index contributed by atoms with van der Waals surface area (Å²) in [5.41, 5.74) is 3.31. The van der Waals surface area contributed by atoms with Crippen molar-refractivity contribution >= 4 is 46.5 Å². The number of nitrogens with zero attached hydrogens (tertiary/aromatic N) is 5. The lowest BCUT2D eigenvalue weighted by Crippen LogP contribution is -2.37. The Morgan fingerprint density at radius 2 is 1.89 bits per heavy atom. The van der Waals surface area contributed by atoms with E-state index in [1.807, 2.05) is 12.1 Å². The molecule has 3 rings (SSSR count). The lowest BCUT2D eigenvalue weighted by molar-refractivity contribution is 0.703. The molecule has 0 spiro atoms. The highest BCUT2D eigenvalue weighted by molar-refractivity contribution is 6.30. The summed E-state index contributed by atoms with van der Waals surface area (Å²) in [4.78, 5) is 29.3. The first-order valence-electron chi connectivity index (χ1n) is 8.32. The summed E-state index contributed by atoms with van der Waals surface area (Å²) < 4.78 is 3.99. The Bertz CT molecular complexity index is 1200. The number of anilines is 1. The third-order valence-electron chi connectivity index (χ3n) is 4.15. The first-order valence-corrected chi connectivity index (χ1v) is 9.08. The zero-order chi connectivity index (χ0) is 20.4. The van der Waals surface area contributed by atoms with Crippen LogP contribution in [0.15, 0.2) is 50.1 Å². The van der Waals surface area contributed by atoms with Crippen molar-refractivity contribution in [2.75, 3.05) is 5.43 Å². The highest BCUT2D eigenvalue weighted by atomic mass is 35.5. The highest BCUT2D eigenvalue weighted by Crippen LogP contribution is 2.16. The molecule has 10 heteroatoms. The maximum atomic E-state index is 12.7. The van der Waals surface area contributed by atoms with Gasteiger partial charge in [-0.2, -0.15) is 10.1 Å². The Hall–Kier alpha value is -2.84. The Balaban J connectivity index is 2.08. The summed E-state index contributed by atoms with van der Waals surface area (Å²) in [6.07, 6.45) is 3.33. The summed E-state index contributed by atoms with van der Waals surface area (Å²) in [5, 5.41) is 5.38. The molecule has 0 saturated carbocycles. The summed E-state index contributed by atoms with van der Waals surface area (Å²) in [5.74, 6) is 0.313. The first kappa shape index (κ1) is 19.9. The Labute approximate surface area is 170 Å². The van der Waals surface area contributed by atoms with Crippen molar-refractivity contribution in [2.24, 2.45) is 19.2 Å². The smallest absolute Gasteiger partial charge is 0.299 e. The van der Waals surface area contributed by atoms with Gasteiger partial charge in [-0.15, -0.1) is 0 Å². The average Bonchev–Trinajstić information content (AvgIpc) is 3.03. The van der Waals surface area contributed by atoms with Gasteiger partial charge >= 0.3 is 5.69 Å². The van der Waals surface area contributed by atoms with E-state index in [4.69, 9.17) is 23.2 Å². The number of benzene rings is 1. The van der Waals surface area contributed by atoms with E-state index in [1.165, 1.54) is 11.6 Å². The maximum Gasteiger partial charge on any atom is 0.332 e. The van der Waals surface area contributed by atoms with Gasteiger partial charge in [-0.25, -0.2) is 10.2 Å². The third-order valence-corrected chi connectivity index (χ3v) is 4.56. The molecule has 2 heterocycles. The fraction of sp³-hybridized carbons (Fsp3) is 0.222. The number of fused-ring (bicyclic) bond motifs is 1. The van der Waals surface area contributed by atoms with E-state index < -0.39 is 11.2 Å². The molecule has 0 aliphatic rings. The molecular weight excluding hydrogens is 403 g/mol. The molecular formula is C18H18Cl2N6O2. The second-order valence-corrected chi connectivity index (χ2v) is 7.17. The molecule has 0 radical (unpaired) electrons. The molecule has 0 saturated heterocycles. The lowest BCUT2D eigenvalue weighted by Gasteiger charge is -2.07. The van der Waals surface area contributed by atoms with Crippen LogP contribution in [0, 0.1) is 0 Å². The van der Waals surface area contributed by atoms with E-state index in [-0.39, 0.29) is 17.7 Å². The molecule has 0 bridgehead atoms. The molecule has 0 unspecified atom stereocenters. The first-order chi connectivity index (χ1) is 13.3. The Morgan fingerprint density at radius 1 is 1.21 bits per heavy atom. The summed E-state index contributed by atoms with van der Waals surface area (Å²) >= 11 is 11.8. The van der Waals surface area contributed by atoms with E-state index in [0.29, 0.717) is 16.0 Å². The molecule has 0 aliphatic carbocycles. The van der Waals surface area contributed by atoms with Crippen LogP contribution in [0.3, 0.4) is 0 Å². The van der Waals surface area contributed by atoms with E-state index in [0.717, 1.165) is 10.1 Å². The number of hydrogen-bond acceptors (Lipinski definition) is 5. The minimum absolute atomic E-state index is 0.262. The van der Waals surface area contributed by atoms with Crippen molar-refractivity contribution in [2.45, 2.75) is 13.5 Å². The summed E-state index contributed by atoms with van der Waals surface area (Å²) in [6.45, 7) is 2.03. The quantitative estimate of drug-likeness (QED) is 0.507. The van der Waals surface area contributed by atoms with Crippen LogP contribution in [0.1, 0.15) is 12.5 Å². The zero-order valence-electron chi connectivity index (χ0n) is 15.5. The van der Waals surface area contributed by atoms with Gasteiger partial charge in [0.15, 0.2) is 11.2 Å². The van der Waals surface area contributed by atoms with Crippen LogP contribution >= 0.6 is 23.2 Å². The maximum absolute atomic E-state index is 12.7. The van der Waals surface area contributed by atoms with Crippen LogP contribution < -0.4 is 16.7 Å². The van der Waals surface area contributed by atoms with E-state index >= 15 is 0 Å². The van der Waals surface area contributed by atoms with Crippen molar-refractivity contribution in [3.05, 3.63) is 66.8 Å². The van der Waals surface area contributed by atoms with Crippen LogP contribution in [0.2, 0.25) is 5.02 Å². The van der Waals surface area contributed by atoms with Gasteiger partial charge in [-0.3, -0.25) is 18.5 Å². The Kier molecular flexibility index (Phi) is 5.71. The van der Waals surface area contributed by atoms with Crippen LogP contribution in [0.4, 0.5) is 5.95 Å². The predicted molar refractivity (Wildman–Crippen MR) is 112 cm³/mol. The van der Waals surface area contributed by atoms with Gasteiger partial charge in [0, 0.05) is 30.7 Å². The van der Waals surface area contributed by atoms with Crippen LogP contribution in [-0.4, -0.2) is 24.9 Å². The summed E-state index contributed by atoms with van der Waals surface area (Å²) in [6, 6.07) is 7.14. The normalized spacial score (nSPS) is 12.2. The number of nitrogens with one attached hydrogen (secondary N) is 1. The molecule has 3 aromatic rings. The van der Waals surface area contributed by atoms with Crippen molar-refractivity contribution in [3.63, 3.8) is 0 Å². The van der Waals surface area contributed by atoms with Gasteiger partial charge in [-0.05, 0) is 24.6 Å². The molecule has 28 heavy (non-hydrogen) atoms. The molecule has 1 N–H and O–H groups in total. The van der Waals surface area contributed by atoms with Gasteiger partial charge in [0.1, 0.15) is 0 Å². The second kappa shape index (κ2) is 8.04. The molecule has 0 fully saturated rings. The number of allylic oxidation sites excluding steroid dienone is 2. The molecule has 146 valence electrons. The van der Waals surface area contributed by atoms with Gasteiger partial charge < -0.3 is 0 Å². The van der Waals surface area contributed by atoms with Gasteiger partial charge in [0.2, 0.25) is 5.95 Å². The summed E-state index contributed by atoms with van der Waals surface area (Å²) in [7, 11) is 2.99. The number of hydrogen-bond donors (Lipinski definition) is 1. The fourth-order valence-electron chi connectivity index (χ4n) is 2.64. The van der Waals surface area contributed by atoms with Crippen LogP contribution in [0.25, 0.3) is 11.2 Å². The number of rotatable bonds is 5. The zero-order valence-corrected chi connectivity index (χ0v) is 17.0. The van der Waals surface area contributed by atoms with Crippen molar-refractivity contribution in [1.82, 2.24) is 18.7 Å². The largest absolute Gasteiger partial charge is 0.332 e. The molecule has 2 aromatic heterocycles. The van der Waals surface area contributed by atoms with Gasteiger partial charge in [0.05, 0.1) is 6.21 Å². The molecule has 8 nitrogen and oxygen atoms in total. The third kappa shape index (κ3) is 3.88. The minimum Gasteiger partial charge on any atom is -0.299 e. The standard InChI is InChI=1S/C18H18Cl2N6O2/c1-11(19)8-9-26-14-15(24(2)18(28)25(3)16(14)27)22-17(26)23-21-10-12-4-6-13(20)7-5-12/h4-8,10H,9H2,1-3H3,(H,22,23). The van der Waals surface area contributed by atoms with Crippen molar-refractivity contribution < 1.29 is 0 Å². The minimum atomic E-state index is -0.456. The molecule has 0 aliphatic heterocycles. The van der Waals surface area contributed by atoms with E-state index in [2.05, 4.69) is 15.5 Å². The van der Waals surface area contributed by atoms with Crippen molar-refractivity contribution in [1.29, 1.82) is 0 Å². The Morgan fingerprint density at radius 3 is 2.54 bits per heavy atom. The molecule has 0 atom stereocenters. The number of aromatic nitrogens is 4. The number of imidazole rings is 1. The monoisotopic (exact) mass is 420 g/mol. The van der Waals surface area contributed by atoms with E-state index in [9.17, 15) is 9.59 Å². The van der Waals surface area contributed by atoms with Gasteiger partial charge in [-0.1, -0.05) is 41.4 Å². The predicted octanol–water partition coefficient (Wildman–Crippen LogP) is 2.68. The lowest BCUT2D eigenvalue weighted by atomic mass is 10.2. The van der Waals surface area contributed by atoms with E-state index in [1.54, 1.807) is 43.0 Å². The molecule has 0 amide bonds. The van der Waals surface area contributed by atoms with Crippen LogP contribution in [-0.2, 0) is 20.6 Å². The number of aryl methyl sites for hydroxylation is 1. The number of hydrazone groups is 1. The topological polar surface area (TPSA) is 86.2 Å². The number of halogens is 2. The molecule has 1 aromatic carbocycles. The highest BCUT2D eigenvalue weighted by Gasteiger charge is 2.18. The van der Waals surface area contributed by atoms with Crippen molar-refractivity contribution in [3.8, 4) is 0 Å². The van der Waals surface area contributed by atoms with Crippen LogP contribution in [0.5, 0.6) is 0 Å². The fourth-order valence-corrected chi connectivity index (χ4v) is 2.84. The van der Waals surface area contributed by atoms with Gasteiger partial charge in [0.25, 0.3) is 5.56 Å². The SMILES string of the molecule is CC(Cl)=CCn1c(NN=Cc2ccc(Cl)cc2)nc2c1c(=O)n(C)c(=O)n2C. The second-order valence-electron chi connectivity index (χ2n) is 6.14. The average molecular weight is 421 g/mol.